The molecule has 1 saturated carbocycles. The van der Waals surface area contributed by atoms with Crippen molar-refractivity contribution in [3.05, 3.63) is 17.5 Å². The molecule has 1 aromatic heterocycles. The molecule has 36 heavy (non-hydrogen) atoms. The third-order valence-electron chi connectivity index (χ3n) is 5.87. The summed E-state index contributed by atoms with van der Waals surface area (Å²) in [5.41, 5.74) is 0.621. The van der Waals surface area contributed by atoms with Crippen LogP contribution in [-0.4, -0.2) is 58.7 Å². The number of carbonyl (C=O) groups excluding carboxylic acids is 4. The molecule has 4 amide bonds. The second-order valence-corrected chi connectivity index (χ2v) is 10.5. The van der Waals surface area contributed by atoms with Crippen molar-refractivity contribution in [1.82, 2.24) is 26.2 Å². The number of carbonyl (C=O) groups is 4. The zero-order valence-corrected chi connectivity index (χ0v) is 20.5. The molecule has 0 bridgehead atoms. The smallest absolute Gasteiger partial charge is 0.442 e. The number of alkyl halides is 3. The normalized spacial score (nSPS) is 19.8. The van der Waals surface area contributed by atoms with E-state index in [1.807, 2.05) is 6.92 Å². The van der Waals surface area contributed by atoms with Gasteiger partial charge in [-0.1, -0.05) is 12.1 Å². The zero-order valence-electron chi connectivity index (χ0n) is 20.5. The maximum Gasteiger partial charge on any atom is 0.452 e. The van der Waals surface area contributed by atoms with E-state index in [1.165, 1.54) is 0 Å². The Morgan fingerprint density at radius 1 is 1.31 bits per heavy atom. The molecule has 2 heterocycles. The van der Waals surface area contributed by atoms with Crippen LogP contribution in [0.1, 0.15) is 69.6 Å². The van der Waals surface area contributed by atoms with Gasteiger partial charge in [0.15, 0.2) is 5.69 Å². The van der Waals surface area contributed by atoms with Crippen molar-refractivity contribution in [2.45, 2.75) is 71.2 Å². The first-order valence-electron chi connectivity index (χ1n) is 11.5. The Balaban J connectivity index is 1.76. The molecule has 1 aromatic rings. The Morgan fingerprint density at radius 2 is 1.97 bits per heavy atom. The fourth-order valence-electron chi connectivity index (χ4n) is 3.60. The molecule has 1 unspecified atom stereocenters. The summed E-state index contributed by atoms with van der Waals surface area (Å²) in [6.45, 7) is 7.06. The van der Waals surface area contributed by atoms with Gasteiger partial charge in [-0.25, -0.2) is 9.80 Å². The van der Waals surface area contributed by atoms with E-state index in [1.54, 1.807) is 20.8 Å². The first-order valence-corrected chi connectivity index (χ1v) is 11.5. The largest absolute Gasteiger partial charge is 0.452 e. The van der Waals surface area contributed by atoms with Gasteiger partial charge >= 0.3 is 12.3 Å². The molecule has 1 aliphatic heterocycles. The number of rotatable bonds is 7. The summed E-state index contributed by atoms with van der Waals surface area (Å²) in [4.78, 5) is 50.7. The maximum absolute atomic E-state index is 13.2. The summed E-state index contributed by atoms with van der Waals surface area (Å²) < 4.78 is 48.0. The van der Waals surface area contributed by atoms with Crippen LogP contribution in [0, 0.1) is 11.3 Å². The highest BCUT2D eigenvalue weighted by molar-refractivity contribution is 5.96. The summed E-state index contributed by atoms with van der Waals surface area (Å²) in [6, 6.07) is -0.771. The van der Waals surface area contributed by atoms with Crippen LogP contribution >= 0.6 is 0 Å². The fourth-order valence-corrected chi connectivity index (χ4v) is 3.60. The lowest BCUT2D eigenvalue weighted by Crippen LogP contribution is -2.56. The quantitative estimate of drug-likeness (QED) is 0.471. The molecule has 0 aromatic carbocycles. The minimum absolute atomic E-state index is 0.164. The van der Waals surface area contributed by atoms with Crippen molar-refractivity contribution in [3.8, 4) is 0 Å². The van der Waals surface area contributed by atoms with Gasteiger partial charge in [0.25, 0.3) is 11.8 Å². The predicted octanol–water partition coefficient (Wildman–Crippen LogP) is 2.39. The highest BCUT2D eigenvalue weighted by Gasteiger charge is 2.43. The summed E-state index contributed by atoms with van der Waals surface area (Å²) in [5, 5.41) is 9.07. The van der Waals surface area contributed by atoms with Crippen molar-refractivity contribution >= 4 is 23.8 Å². The number of ether oxygens (including phenoxy) is 1. The Morgan fingerprint density at radius 3 is 2.47 bits per heavy atom. The van der Waals surface area contributed by atoms with Gasteiger partial charge in [0.1, 0.15) is 11.6 Å². The number of nitrogens with zero attached hydrogens (tertiary/aromatic N) is 2. The predicted molar refractivity (Wildman–Crippen MR) is 117 cm³/mol. The first kappa shape index (κ1) is 27.3. The van der Waals surface area contributed by atoms with Crippen molar-refractivity contribution in [2.75, 3.05) is 13.1 Å². The van der Waals surface area contributed by atoms with Gasteiger partial charge < -0.3 is 19.9 Å². The Hall–Kier alpha value is -3.32. The number of hydrogen-bond donors (Lipinski definition) is 3. The van der Waals surface area contributed by atoms with Crippen LogP contribution in [0.4, 0.5) is 18.0 Å². The summed E-state index contributed by atoms with van der Waals surface area (Å²) in [6.07, 6.45) is -3.55. The van der Waals surface area contributed by atoms with E-state index >= 15 is 0 Å². The van der Waals surface area contributed by atoms with Crippen LogP contribution in [0.15, 0.2) is 10.6 Å². The molecular formula is C22H30F3N5O6. The topological polar surface area (TPSA) is 143 Å². The van der Waals surface area contributed by atoms with Crippen LogP contribution in [0.2, 0.25) is 0 Å². The van der Waals surface area contributed by atoms with E-state index in [4.69, 9.17) is 4.74 Å². The third-order valence-corrected chi connectivity index (χ3v) is 5.87. The number of nitrogens with one attached hydrogen (secondary N) is 3. The molecule has 2 fully saturated rings. The molecular weight excluding hydrogens is 487 g/mol. The van der Waals surface area contributed by atoms with Gasteiger partial charge in [0.05, 0.1) is 12.5 Å². The van der Waals surface area contributed by atoms with Crippen molar-refractivity contribution in [3.63, 3.8) is 0 Å². The Kier molecular flexibility index (Phi) is 7.55. The minimum Gasteiger partial charge on any atom is -0.442 e. The second kappa shape index (κ2) is 9.97. The molecule has 3 N–H and O–H groups in total. The van der Waals surface area contributed by atoms with Gasteiger partial charge in [-0.3, -0.25) is 19.8 Å². The average molecular weight is 518 g/mol. The van der Waals surface area contributed by atoms with Crippen molar-refractivity contribution in [2.24, 2.45) is 11.3 Å². The number of halogens is 3. The van der Waals surface area contributed by atoms with E-state index in [0.29, 0.717) is 19.0 Å². The van der Waals surface area contributed by atoms with Crippen molar-refractivity contribution < 1.29 is 41.6 Å². The molecule has 1 saturated heterocycles. The van der Waals surface area contributed by atoms with E-state index in [2.05, 4.69) is 25.7 Å². The average Bonchev–Trinajstić information content (AvgIpc) is 3.13. The van der Waals surface area contributed by atoms with Gasteiger partial charge in [-0.15, -0.1) is 0 Å². The molecule has 3 rings (SSSR count). The summed E-state index contributed by atoms with van der Waals surface area (Å²) >= 11 is 0. The van der Waals surface area contributed by atoms with Gasteiger partial charge in [0.2, 0.25) is 11.7 Å². The summed E-state index contributed by atoms with van der Waals surface area (Å²) in [5.74, 6) is -4.14. The molecule has 0 radical (unpaired) electrons. The SMILES string of the molecule is CC1(CC(NC(=O)c2cc(C(F)(F)F)on2)C(=O)NN(C[C@@H]2CCNC2=O)C(=O)OC(C)(C)C)CC1. The summed E-state index contributed by atoms with van der Waals surface area (Å²) in [7, 11) is 0. The molecule has 200 valence electrons. The first-order chi connectivity index (χ1) is 16.6. The van der Waals surface area contributed by atoms with E-state index in [-0.39, 0.29) is 24.3 Å². The Labute approximate surface area is 205 Å². The number of hydrazine groups is 1. The third kappa shape index (κ3) is 7.34. The molecule has 2 atom stereocenters. The molecule has 0 spiro atoms. The van der Waals surface area contributed by atoms with Gasteiger partial charge in [-0.2, -0.15) is 13.2 Å². The van der Waals surface area contributed by atoms with Crippen LogP contribution in [0.25, 0.3) is 0 Å². The number of aromatic nitrogens is 1. The molecule has 2 aliphatic rings. The molecule has 11 nitrogen and oxygen atoms in total. The van der Waals surface area contributed by atoms with E-state index < -0.39 is 53.1 Å². The number of hydrogen-bond acceptors (Lipinski definition) is 7. The highest BCUT2D eigenvalue weighted by atomic mass is 19.4. The lowest BCUT2D eigenvalue weighted by Gasteiger charge is -2.30. The van der Waals surface area contributed by atoms with E-state index in [0.717, 1.165) is 17.9 Å². The fraction of sp³-hybridized carbons (Fsp3) is 0.682. The lowest BCUT2D eigenvalue weighted by molar-refractivity contribution is -0.155. The highest BCUT2D eigenvalue weighted by Crippen LogP contribution is 2.49. The van der Waals surface area contributed by atoms with Gasteiger partial charge in [0, 0.05) is 12.6 Å². The van der Waals surface area contributed by atoms with Crippen LogP contribution < -0.4 is 16.1 Å². The molecule has 1 aliphatic carbocycles. The zero-order chi connectivity index (χ0) is 26.9. The van der Waals surface area contributed by atoms with Crippen LogP contribution in [-0.2, 0) is 20.5 Å². The van der Waals surface area contributed by atoms with E-state index in [9.17, 15) is 32.3 Å². The Bertz CT molecular complexity index is 1010. The standard InChI is InChI=1S/C22H30F3N5O6/c1-20(2,3)35-19(34)30(11-12-5-8-26-16(12)31)28-18(33)14(10-21(4)6-7-21)27-17(32)13-9-15(36-29-13)22(23,24)25/h9,12,14H,5-8,10-11H2,1-4H3,(H,26,31)(H,27,32)(H,28,33)/t12-,14?/m0/s1. The molecule has 14 heteroatoms. The second-order valence-electron chi connectivity index (χ2n) is 10.5. The maximum atomic E-state index is 13.2. The monoisotopic (exact) mass is 517 g/mol. The van der Waals surface area contributed by atoms with Crippen LogP contribution in [0.5, 0.6) is 0 Å². The number of amides is 4. The van der Waals surface area contributed by atoms with Gasteiger partial charge in [-0.05, 0) is 51.9 Å². The van der Waals surface area contributed by atoms with Crippen molar-refractivity contribution in [1.29, 1.82) is 0 Å². The van der Waals surface area contributed by atoms with Crippen LogP contribution in [0.3, 0.4) is 0 Å². The minimum atomic E-state index is -4.83. The lowest BCUT2D eigenvalue weighted by atomic mass is 9.98.